The van der Waals surface area contributed by atoms with Crippen LogP contribution in [0.2, 0.25) is 0 Å². The fourth-order valence-corrected chi connectivity index (χ4v) is 9.77. The quantitative estimate of drug-likeness (QED) is 0.0444. The molecule has 0 unspecified atom stereocenters. The maximum atomic E-state index is 11.3. The van der Waals surface area contributed by atoms with E-state index in [1.54, 1.807) is 54.6 Å². The van der Waals surface area contributed by atoms with E-state index in [-0.39, 0.29) is 61.0 Å². The SMILES string of the molecule is C=CCOc1ccc2c(c1)[C@H]1[C@H](CCCCO)[C@@H](CCCCO)C=C3C(=NOCc4ccc([N+](=O)[O-])cc4)C[C@H](SCCc4cnccn4)[C@@](OCC=C)(O2)[C@H]31. The number of aliphatic hydroxyl groups is 2. The first-order valence-corrected chi connectivity index (χ1v) is 20.5. The molecule has 1 saturated carbocycles. The van der Waals surface area contributed by atoms with Crippen LogP contribution in [0, 0.1) is 27.9 Å². The van der Waals surface area contributed by atoms with Crippen molar-refractivity contribution in [2.24, 2.45) is 22.9 Å². The number of unbranched alkanes of at least 4 members (excludes halogenated alkanes) is 2. The molecule has 2 aromatic carbocycles. The molecule has 6 atom stereocenters. The Kier molecular flexibility index (Phi) is 14.7. The summed E-state index contributed by atoms with van der Waals surface area (Å²) >= 11 is 1.76. The van der Waals surface area contributed by atoms with Gasteiger partial charge in [0.2, 0.25) is 5.79 Å². The maximum Gasteiger partial charge on any atom is 0.269 e. The van der Waals surface area contributed by atoms with Gasteiger partial charge >= 0.3 is 0 Å². The molecule has 3 aliphatic rings. The van der Waals surface area contributed by atoms with Crippen molar-refractivity contribution in [3.8, 4) is 11.5 Å². The second-order valence-electron chi connectivity index (χ2n) is 14.4. The lowest BCUT2D eigenvalue weighted by atomic mass is 9.56. The van der Waals surface area contributed by atoms with Gasteiger partial charge < -0.3 is 29.3 Å². The number of rotatable bonds is 22. The van der Waals surface area contributed by atoms with Crippen molar-refractivity contribution >= 4 is 23.2 Å². The fourth-order valence-electron chi connectivity index (χ4n) is 8.38. The summed E-state index contributed by atoms with van der Waals surface area (Å²) in [4.78, 5) is 25.7. The number of hydrogen-bond acceptors (Lipinski definition) is 12. The van der Waals surface area contributed by atoms with Crippen molar-refractivity contribution in [1.29, 1.82) is 0 Å². The Morgan fingerprint density at radius 2 is 1.82 bits per heavy atom. The van der Waals surface area contributed by atoms with Crippen LogP contribution in [-0.2, 0) is 22.6 Å². The average Bonchev–Trinajstić information content (AvgIpc) is 3.22. The van der Waals surface area contributed by atoms with Gasteiger partial charge in [0.15, 0.2) is 0 Å². The Bertz CT molecular complexity index is 1840. The minimum Gasteiger partial charge on any atom is -0.490 e. The van der Waals surface area contributed by atoms with Crippen LogP contribution in [0.1, 0.15) is 67.7 Å². The second-order valence-corrected chi connectivity index (χ2v) is 15.7. The highest BCUT2D eigenvalue weighted by Gasteiger charge is 2.64. The van der Waals surface area contributed by atoms with Crippen molar-refractivity contribution in [2.45, 2.75) is 74.9 Å². The number of oxime groups is 1. The Morgan fingerprint density at radius 1 is 1.04 bits per heavy atom. The number of allylic oxidation sites excluding steroid dienone is 1. The minimum absolute atomic E-state index is 0.0133. The zero-order valence-corrected chi connectivity index (χ0v) is 32.6. The molecule has 298 valence electrons. The van der Waals surface area contributed by atoms with Crippen LogP contribution in [0.4, 0.5) is 5.69 Å². The van der Waals surface area contributed by atoms with Gasteiger partial charge in [-0.2, -0.15) is 11.8 Å². The number of aliphatic hydroxyl groups excluding tert-OH is 2. The van der Waals surface area contributed by atoms with Crippen LogP contribution in [0.3, 0.4) is 0 Å². The van der Waals surface area contributed by atoms with Gasteiger partial charge in [0.05, 0.1) is 34.1 Å². The number of fused-ring (bicyclic) bond motifs is 2. The van der Waals surface area contributed by atoms with Gasteiger partial charge in [-0.15, -0.1) is 6.58 Å². The first-order chi connectivity index (χ1) is 27.4. The number of non-ortho nitro benzene ring substituents is 1. The molecule has 0 radical (unpaired) electrons. The third kappa shape index (κ3) is 9.51. The molecule has 6 rings (SSSR count). The summed E-state index contributed by atoms with van der Waals surface area (Å²) in [5.74, 6) is 1.03. The predicted molar refractivity (Wildman–Crippen MR) is 217 cm³/mol. The van der Waals surface area contributed by atoms with Crippen molar-refractivity contribution in [3.63, 3.8) is 0 Å². The highest BCUT2D eigenvalue weighted by molar-refractivity contribution is 8.00. The number of benzene rings is 2. The molecule has 1 aromatic heterocycles. The largest absolute Gasteiger partial charge is 0.490 e. The molecule has 12 nitrogen and oxygen atoms in total. The first kappa shape index (κ1) is 41.1. The molecule has 1 aliphatic heterocycles. The van der Waals surface area contributed by atoms with Crippen LogP contribution in [0.5, 0.6) is 11.5 Å². The van der Waals surface area contributed by atoms with E-state index >= 15 is 0 Å². The molecule has 56 heavy (non-hydrogen) atoms. The van der Waals surface area contributed by atoms with Gasteiger partial charge in [0.25, 0.3) is 5.69 Å². The second kappa shape index (κ2) is 20.0. The van der Waals surface area contributed by atoms with Crippen LogP contribution in [-0.4, -0.2) is 74.0 Å². The lowest BCUT2D eigenvalue weighted by Gasteiger charge is -2.58. The lowest BCUT2D eigenvalue weighted by Crippen LogP contribution is -2.64. The van der Waals surface area contributed by atoms with E-state index in [0.717, 1.165) is 71.0 Å². The van der Waals surface area contributed by atoms with Gasteiger partial charge in [-0.25, -0.2) is 0 Å². The standard InChI is InChI=1S/C43H52N4O8S/c1-3-22-52-34-15-16-39-37(26-34)41-35(10-6-8-21-49)31(9-5-7-20-48)25-36-38(46-54-29-30-11-13-33(14-12-30)47(50)51)27-40(43(55-39,42(36)41)53-23-4-2)56-24-17-32-28-44-18-19-45-32/h3-4,11-16,18-19,25-26,28,31,35,40-42,48-49H,1-2,5-10,17,20-24,27,29H2/t31-,35+,40-,41+,42+,43+/m0/s1. The number of aryl methyl sites for hydroxylation is 1. The van der Waals surface area contributed by atoms with Gasteiger partial charge in [0, 0.05) is 68.3 Å². The highest BCUT2D eigenvalue weighted by Crippen LogP contribution is 2.62. The Balaban J connectivity index is 1.47. The van der Waals surface area contributed by atoms with Crippen molar-refractivity contribution in [3.05, 3.63) is 125 Å². The van der Waals surface area contributed by atoms with Crippen LogP contribution in [0.25, 0.3) is 0 Å². The normalized spacial score (nSPS) is 24.3. The van der Waals surface area contributed by atoms with E-state index in [9.17, 15) is 20.3 Å². The van der Waals surface area contributed by atoms with Crippen LogP contribution in [0.15, 0.2) is 103 Å². The molecule has 0 bridgehead atoms. The molecule has 0 amide bonds. The summed E-state index contributed by atoms with van der Waals surface area (Å²) < 4.78 is 20.3. The van der Waals surface area contributed by atoms with Crippen LogP contribution < -0.4 is 9.47 Å². The number of nitro groups is 1. The summed E-state index contributed by atoms with van der Waals surface area (Å²) in [6, 6.07) is 12.3. The van der Waals surface area contributed by atoms with E-state index in [2.05, 4.69) is 35.3 Å². The number of nitrogens with zero attached hydrogens (tertiary/aromatic N) is 4. The Labute approximate surface area is 332 Å². The van der Waals surface area contributed by atoms with Crippen molar-refractivity contribution < 1.29 is 34.2 Å². The monoisotopic (exact) mass is 784 g/mol. The van der Waals surface area contributed by atoms with E-state index in [0.29, 0.717) is 32.3 Å². The van der Waals surface area contributed by atoms with Crippen LogP contribution >= 0.6 is 11.8 Å². The smallest absolute Gasteiger partial charge is 0.269 e. The lowest BCUT2D eigenvalue weighted by molar-refractivity contribution is -0.384. The molecule has 2 heterocycles. The molecular formula is C43H52N4O8S. The number of nitro benzene ring substituents is 1. The fraction of sp³-hybridized carbons (Fsp3) is 0.465. The summed E-state index contributed by atoms with van der Waals surface area (Å²) in [6.07, 6.45) is 17.0. The number of thioether (sulfide) groups is 1. The molecule has 1 fully saturated rings. The van der Waals surface area contributed by atoms with E-state index in [1.165, 1.54) is 12.1 Å². The zero-order valence-electron chi connectivity index (χ0n) is 31.7. The number of ether oxygens (including phenoxy) is 3. The van der Waals surface area contributed by atoms with E-state index in [1.807, 2.05) is 12.1 Å². The summed E-state index contributed by atoms with van der Waals surface area (Å²) in [7, 11) is 0. The van der Waals surface area contributed by atoms with Gasteiger partial charge in [-0.05, 0) is 84.7 Å². The zero-order chi connectivity index (χ0) is 39.3. The number of hydrogen-bond donors (Lipinski definition) is 2. The molecule has 2 N–H and O–H groups in total. The Hall–Kier alpha value is -4.56. The third-order valence-corrected chi connectivity index (χ3v) is 12.2. The molecular weight excluding hydrogens is 733 g/mol. The number of aromatic nitrogens is 2. The van der Waals surface area contributed by atoms with Gasteiger partial charge in [-0.1, -0.05) is 42.8 Å². The average molecular weight is 785 g/mol. The summed E-state index contributed by atoms with van der Waals surface area (Å²) in [5.41, 5.74) is 4.53. The van der Waals surface area contributed by atoms with E-state index < -0.39 is 10.7 Å². The molecule has 13 heteroatoms. The first-order valence-electron chi connectivity index (χ1n) is 19.5. The van der Waals surface area contributed by atoms with Crippen molar-refractivity contribution in [1.82, 2.24) is 9.97 Å². The summed E-state index contributed by atoms with van der Waals surface area (Å²) in [6.45, 7) is 8.87. The minimum atomic E-state index is -1.10. The maximum absolute atomic E-state index is 11.3. The topological polar surface area (TPSA) is 159 Å². The molecule has 0 spiro atoms. The predicted octanol–water partition coefficient (Wildman–Crippen LogP) is 7.76. The summed E-state index contributed by atoms with van der Waals surface area (Å²) in [5, 5.41) is 35.5. The Morgan fingerprint density at radius 3 is 2.54 bits per heavy atom. The molecule has 2 aliphatic carbocycles. The third-order valence-electron chi connectivity index (χ3n) is 10.8. The van der Waals surface area contributed by atoms with Gasteiger partial charge in [0.1, 0.15) is 24.7 Å². The highest BCUT2D eigenvalue weighted by atomic mass is 32.2. The molecule has 3 aromatic rings. The van der Waals surface area contributed by atoms with Crippen molar-refractivity contribution in [2.75, 3.05) is 32.2 Å². The molecule has 0 saturated heterocycles. The van der Waals surface area contributed by atoms with Gasteiger partial charge in [-0.3, -0.25) is 20.1 Å². The van der Waals surface area contributed by atoms with E-state index in [4.69, 9.17) is 24.2 Å².